The van der Waals surface area contributed by atoms with Gasteiger partial charge in [-0.15, -0.1) is 0 Å². The van der Waals surface area contributed by atoms with Crippen LogP contribution in [0.4, 0.5) is 0 Å². The molecule has 5 nitrogen and oxygen atoms in total. The molecule has 2 rings (SSSR count). The molecule has 3 radical (unpaired) electrons. The maximum Gasteiger partial charge on any atom is 0.139 e. The van der Waals surface area contributed by atoms with Crippen molar-refractivity contribution in [2.24, 2.45) is 11.7 Å². The first-order valence-corrected chi connectivity index (χ1v) is 8.66. The van der Waals surface area contributed by atoms with Gasteiger partial charge in [-0.1, -0.05) is 37.3 Å². The van der Waals surface area contributed by atoms with E-state index in [-0.39, 0.29) is 63.5 Å². The summed E-state index contributed by atoms with van der Waals surface area (Å²) >= 11 is 0. The van der Waals surface area contributed by atoms with Gasteiger partial charge in [0.05, 0.1) is 12.7 Å². The molecule has 0 spiro atoms. The molecule has 22 heavy (non-hydrogen) atoms. The quantitative estimate of drug-likeness (QED) is 0.596. The van der Waals surface area contributed by atoms with Crippen molar-refractivity contribution in [3.63, 3.8) is 0 Å². The van der Waals surface area contributed by atoms with Crippen LogP contribution in [0, 0.1) is 5.92 Å². The van der Waals surface area contributed by atoms with Gasteiger partial charge in [0, 0.05) is 44.9 Å². The van der Waals surface area contributed by atoms with Crippen LogP contribution in [0.1, 0.15) is 18.9 Å². The summed E-state index contributed by atoms with van der Waals surface area (Å²) in [6.45, 7) is 2.02. The van der Waals surface area contributed by atoms with E-state index < -0.39 is 7.60 Å². The molecule has 1 saturated heterocycles. The van der Waals surface area contributed by atoms with E-state index in [0.717, 1.165) is 12.0 Å². The minimum absolute atomic E-state index is 0. The molecule has 119 valence electrons. The molecule has 1 fully saturated rings. The minimum atomic E-state index is -3.88. The molecule has 0 amide bonds. The molecule has 1 aliphatic rings. The van der Waals surface area contributed by atoms with E-state index in [9.17, 15) is 9.46 Å². The standard InChI is InChI=1S/C13H18BO4P.CH5N.Y/c1-10-7-13(14)18-12(10)8-17-19(15,16)9-11-5-3-2-4-6-11;1-2;/h2-6,10,12-13H,7-9H2,1H3,(H,15,16);2H2,1H3;/p-1/t10-,12-,13-;;/m1../s1. The Kier molecular flexibility index (Phi) is 11.3. The average Bonchev–Trinajstić information content (AvgIpc) is 2.78. The van der Waals surface area contributed by atoms with Crippen LogP contribution in [-0.4, -0.2) is 33.6 Å². The van der Waals surface area contributed by atoms with Crippen molar-refractivity contribution >= 4 is 15.4 Å². The van der Waals surface area contributed by atoms with Crippen molar-refractivity contribution < 1.29 is 51.4 Å². The summed E-state index contributed by atoms with van der Waals surface area (Å²) < 4.78 is 22.3. The van der Waals surface area contributed by atoms with Gasteiger partial charge in [0.1, 0.15) is 15.4 Å². The molecule has 1 aromatic carbocycles. The number of ether oxygens (including phenoxy) is 1. The summed E-state index contributed by atoms with van der Waals surface area (Å²) in [5, 5.41) is 0. The molecule has 0 bridgehead atoms. The van der Waals surface area contributed by atoms with Gasteiger partial charge in [-0.2, -0.15) is 0 Å². The molecule has 1 unspecified atom stereocenters. The van der Waals surface area contributed by atoms with Gasteiger partial charge in [0.15, 0.2) is 0 Å². The molecule has 0 aliphatic carbocycles. The number of benzene rings is 1. The molecular formula is C14H22BNO4PY-. The van der Waals surface area contributed by atoms with E-state index in [1.807, 2.05) is 13.0 Å². The van der Waals surface area contributed by atoms with E-state index in [0.29, 0.717) is 0 Å². The van der Waals surface area contributed by atoms with Crippen LogP contribution in [-0.2, 0) is 52.7 Å². The molecule has 4 atom stereocenters. The Morgan fingerprint density at radius 2 is 2.00 bits per heavy atom. The van der Waals surface area contributed by atoms with Crippen LogP contribution in [0.3, 0.4) is 0 Å². The van der Waals surface area contributed by atoms with Crippen molar-refractivity contribution in [3.8, 4) is 0 Å². The number of rotatable bonds is 5. The Bertz CT molecular complexity index is 465. The monoisotopic (exact) mass is 399 g/mol. The second kappa shape index (κ2) is 11.1. The van der Waals surface area contributed by atoms with Gasteiger partial charge in [-0.3, -0.25) is 0 Å². The fraction of sp³-hybridized carbons (Fsp3) is 0.571. The minimum Gasteiger partial charge on any atom is -0.778 e. The Hall–Kier alpha value is 0.459. The Morgan fingerprint density at radius 3 is 2.50 bits per heavy atom. The molecule has 1 aromatic rings. The summed E-state index contributed by atoms with van der Waals surface area (Å²) in [6, 6.07) is 8.66. The second-order valence-corrected chi connectivity index (χ2v) is 6.77. The summed E-state index contributed by atoms with van der Waals surface area (Å²) in [5.41, 5.74) is 5.22. The van der Waals surface area contributed by atoms with Crippen LogP contribution >= 0.6 is 7.60 Å². The van der Waals surface area contributed by atoms with Crippen molar-refractivity contribution in [1.82, 2.24) is 0 Å². The molecule has 2 N–H and O–H groups in total. The maximum atomic E-state index is 11.9. The number of nitrogens with two attached hydrogens (primary N) is 1. The Morgan fingerprint density at radius 1 is 1.41 bits per heavy atom. The van der Waals surface area contributed by atoms with Crippen molar-refractivity contribution in [2.75, 3.05) is 13.7 Å². The summed E-state index contributed by atoms with van der Waals surface area (Å²) in [6.07, 6.45) is 0.393. The van der Waals surface area contributed by atoms with Gasteiger partial charge in [0.2, 0.25) is 0 Å². The maximum absolute atomic E-state index is 11.9. The first-order chi connectivity index (χ1) is 9.96. The zero-order chi connectivity index (χ0) is 15.9. The van der Waals surface area contributed by atoms with Gasteiger partial charge < -0.3 is 24.5 Å². The van der Waals surface area contributed by atoms with Crippen molar-refractivity contribution in [3.05, 3.63) is 35.9 Å². The first kappa shape index (κ1) is 22.5. The first-order valence-electron chi connectivity index (χ1n) is 6.93. The number of hydrogen-bond acceptors (Lipinski definition) is 5. The molecule has 0 saturated carbocycles. The Balaban J connectivity index is 0.00000141. The average molecular weight is 399 g/mol. The van der Waals surface area contributed by atoms with E-state index >= 15 is 0 Å². The molecule has 1 aliphatic heterocycles. The normalized spacial score (nSPS) is 26.3. The van der Waals surface area contributed by atoms with Gasteiger partial charge in [-0.25, -0.2) is 0 Å². The van der Waals surface area contributed by atoms with Crippen LogP contribution < -0.4 is 10.6 Å². The van der Waals surface area contributed by atoms with E-state index in [4.69, 9.17) is 17.1 Å². The van der Waals surface area contributed by atoms with Crippen molar-refractivity contribution in [1.29, 1.82) is 0 Å². The van der Waals surface area contributed by atoms with E-state index in [1.54, 1.807) is 24.3 Å². The summed E-state index contributed by atoms with van der Waals surface area (Å²) in [7, 11) is 3.27. The molecular weight excluding hydrogens is 377 g/mol. The fourth-order valence-corrected chi connectivity index (χ4v) is 3.30. The number of hydrogen-bond donors (Lipinski definition) is 1. The predicted octanol–water partition coefficient (Wildman–Crippen LogP) is 1.25. The summed E-state index contributed by atoms with van der Waals surface area (Å²) in [5.74, 6) is 0.215. The SMILES string of the molecule is CN.[B][C@H]1C[C@@H](C)[C@@H](COP(=O)([O-])Cc2ccccc2)O1.[Y]. The van der Waals surface area contributed by atoms with Gasteiger partial charge in [0.25, 0.3) is 0 Å². The zero-order valence-electron chi connectivity index (χ0n) is 13.1. The summed E-state index contributed by atoms with van der Waals surface area (Å²) in [4.78, 5) is 11.9. The molecule has 8 heteroatoms. The zero-order valence-corrected chi connectivity index (χ0v) is 16.8. The fourth-order valence-electron chi connectivity index (χ4n) is 2.18. The third kappa shape index (κ3) is 7.83. The smallest absolute Gasteiger partial charge is 0.139 e. The van der Waals surface area contributed by atoms with Gasteiger partial charge in [-0.05, 0) is 24.9 Å². The third-order valence-electron chi connectivity index (χ3n) is 3.24. The van der Waals surface area contributed by atoms with Crippen molar-refractivity contribution in [2.45, 2.75) is 31.6 Å². The molecule has 1 heterocycles. The Labute approximate surface area is 159 Å². The van der Waals surface area contributed by atoms with Gasteiger partial charge >= 0.3 is 0 Å². The topological polar surface area (TPSA) is 84.6 Å². The van der Waals surface area contributed by atoms with E-state index in [2.05, 4.69) is 5.73 Å². The van der Waals surface area contributed by atoms with E-state index in [1.165, 1.54) is 7.05 Å². The van der Waals surface area contributed by atoms with Crippen LogP contribution in [0.25, 0.3) is 0 Å². The van der Waals surface area contributed by atoms with Crippen LogP contribution in [0.5, 0.6) is 0 Å². The third-order valence-corrected chi connectivity index (χ3v) is 4.54. The second-order valence-electron chi connectivity index (χ2n) is 4.98. The van der Waals surface area contributed by atoms with Crippen LogP contribution in [0.2, 0.25) is 0 Å². The largest absolute Gasteiger partial charge is 0.778 e. The predicted molar refractivity (Wildman–Crippen MR) is 82.0 cm³/mol. The molecule has 0 aromatic heterocycles. The van der Waals surface area contributed by atoms with Crippen LogP contribution in [0.15, 0.2) is 30.3 Å².